The van der Waals surface area contributed by atoms with Gasteiger partial charge < -0.3 is 21.1 Å². The van der Waals surface area contributed by atoms with Gasteiger partial charge in [-0.05, 0) is 62.2 Å². The number of hydrogen-bond acceptors (Lipinski definition) is 6. The van der Waals surface area contributed by atoms with Crippen LogP contribution in [-0.4, -0.2) is 50.8 Å². The van der Waals surface area contributed by atoms with Crippen LogP contribution in [0.2, 0.25) is 0 Å². The fraction of sp³-hybridized carbons (Fsp3) is 0.368. The number of likely N-dealkylation sites (tertiary alicyclic amines) is 1. The van der Waals surface area contributed by atoms with E-state index in [1.54, 1.807) is 0 Å². The number of benzene rings is 1. The maximum absolute atomic E-state index is 10.4. The number of nitrogens with two attached hydrogens (primary N) is 1. The van der Waals surface area contributed by atoms with E-state index in [0.717, 1.165) is 0 Å². The number of nitrogens with zero attached hydrogens (tertiary/aromatic N) is 2. The molecule has 1 aromatic heterocycles. The van der Waals surface area contributed by atoms with Crippen LogP contribution in [0.1, 0.15) is 30.0 Å². The summed E-state index contributed by atoms with van der Waals surface area (Å²) in [5.74, 6) is -1.62. The molecule has 0 bridgehead atoms. The van der Waals surface area contributed by atoms with Crippen LogP contribution in [0.5, 0.6) is 11.5 Å². The van der Waals surface area contributed by atoms with Crippen LogP contribution in [0, 0.1) is 0 Å². The molecule has 1 aliphatic rings. The van der Waals surface area contributed by atoms with Gasteiger partial charge in [-0.2, -0.15) is 0 Å². The van der Waals surface area contributed by atoms with Crippen molar-refractivity contribution in [2.45, 2.75) is 31.3 Å². The van der Waals surface area contributed by atoms with E-state index in [4.69, 9.17) is 21.1 Å². The Balaban J connectivity index is 0.000000189. The third-order valence-corrected chi connectivity index (χ3v) is 4.40. The maximum Gasteiger partial charge on any atom is 0.320 e. The van der Waals surface area contributed by atoms with E-state index in [9.17, 15) is 4.79 Å². The molecule has 1 fully saturated rings. The monoisotopic (exact) mass is 359 g/mol. The highest BCUT2D eigenvalue weighted by Crippen LogP contribution is 2.29. The molecule has 2 heterocycles. The van der Waals surface area contributed by atoms with Crippen molar-refractivity contribution in [3.05, 3.63) is 53.9 Å². The van der Waals surface area contributed by atoms with Crippen molar-refractivity contribution in [2.24, 2.45) is 5.73 Å². The molecule has 1 saturated heterocycles. The maximum atomic E-state index is 10.4. The number of aromatic nitrogens is 1. The third kappa shape index (κ3) is 5.44. The fourth-order valence-electron chi connectivity index (χ4n) is 2.94. The Kier molecular flexibility index (Phi) is 6.94. The average Bonchev–Trinajstić information content (AvgIpc) is 3.05. The molecule has 0 saturated carbocycles. The van der Waals surface area contributed by atoms with Crippen molar-refractivity contribution in [2.75, 3.05) is 13.6 Å². The molecule has 1 aromatic carbocycles. The van der Waals surface area contributed by atoms with Gasteiger partial charge in [0.15, 0.2) is 11.5 Å². The van der Waals surface area contributed by atoms with Crippen molar-refractivity contribution in [3.63, 3.8) is 0 Å². The number of aromatic hydroxyl groups is 2. The van der Waals surface area contributed by atoms with Gasteiger partial charge in [0.2, 0.25) is 0 Å². The van der Waals surface area contributed by atoms with E-state index in [2.05, 4.69) is 23.0 Å². The van der Waals surface area contributed by atoms with Gasteiger partial charge in [0.1, 0.15) is 6.04 Å². The van der Waals surface area contributed by atoms with Crippen molar-refractivity contribution in [1.82, 2.24) is 9.88 Å². The second-order valence-corrected chi connectivity index (χ2v) is 6.40. The molecule has 0 aliphatic carbocycles. The standard InChI is InChI=1S/C10H14N2.C9H11NO4/c1-12-7-3-5-10(12)9-4-2-6-11-8-9;10-6(9(13)14)3-5-1-2-7(11)8(12)4-5/h2,4,6,8,10H,3,5,7H2,1H3;1-2,4,6,11-12H,3,10H2,(H,13,14)/t;6-/m.0/s1. The lowest BCUT2D eigenvalue weighted by molar-refractivity contribution is -0.138. The van der Waals surface area contributed by atoms with Gasteiger partial charge in [-0.1, -0.05) is 12.1 Å². The number of pyridine rings is 1. The fourth-order valence-corrected chi connectivity index (χ4v) is 2.94. The predicted octanol–water partition coefficient (Wildman–Crippen LogP) is 1.90. The van der Waals surface area contributed by atoms with E-state index in [0.29, 0.717) is 11.6 Å². The van der Waals surface area contributed by atoms with Crippen LogP contribution in [-0.2, 0) is 11.2 Å². The van der Waals surface area contributed by atoms with Gasteiger partial charge in [-0.15, -0.1) is 0 Å². The Morgan fingerprint density at radius 1 is 1.35 bits per heavy atom. The number of hydrogen-bond donors (Lipinski definition) is 4. The summed E-state index contributed by atoms with van der Waals surface area (Å²) < 4.78 is 0. The quantitative estimate of drug-likeness (QED) is 0.615. The second-order valence-electron chi connectivity index (χ2n) is 6.40. The first-order chi connectivity index (χ1) is 12.4. The largest absolute Gasteiger partial charge is 0.504 e. The number of carboxylic acid groups (broad SMARTS) is 1. The van der Waals surface area contributed by atoms with Gasteiger partial charge in [-0.25, -0.2) is 0 Å². The molecule has 3 rings (SSSR count). The normalized spacial score (nSPS) is 18.0. The molecule has 2 atom stereocenters. The zero-order valence-electron chi connectivity index (χ0n) is 14.7. The van der Waals surface area contributed by atoms with Gasteiger partial charge in [0.25, 0.3) is 0 Å². The molecule has 1 aliphatic heterocycles. The zero-order valence-corrected chi connectivity index (χ0v) is 14.7. The van der Waals surface area contributed by atoms with Gasteiger partial charge in [0.05, 0.1) is 0 Å². The van der Waals surface area contributed by atoms with Crippen LogP contribution in [0.3, 0.4) is 0 Å². The van der Waals surface area contributed by atoms with E-state index in [-0.39, 0.29) is 17.9 Å². The lowest BCUT2D eigenvalue weighted by atomic mass is 10.1. The minimum atomic E-state index is -1.10. The Bertz CT molecular complexity index is 724. The minimum Gasteiger partial charge on any atom is -0.504 e. The SMILES string of the molecule is CN1CCCC1c1cccnc1.N[C@@H](Cc1ccc(O)c(O)c1)C(=O)O. The zero-order chi connectivity index (χ0) is 19.1. The van der Waals surface area contributed by atoms with E-state index in [1.807, 2.05) is 18.5 Å². The van der Waals surface area contributed by atoms with Crippen LogP contribution < -0.4 is 5.73 Å². The summed E-state index contributed by atoms with van der Waals surface area (Å²) in [5.41, 5.74) is 7.22. The minimum absolute atomic E-state index is 0.114. The smallest absolute Gasteiger partial charge is 0.320 e. The molecular formula is C19H25N3O4. The first-order valence-corrected chi connectivity index (χ1v) is 8.48. The number of carboxylic acids is 1. The van der Waals surface area contributed by atoms with Crippen LogP contribution in [0.25, 0.3) is 0 Å². The van der Waals surface area contributed by atoms with E-state index >= 15 is 0 Å². The molecule has 5 N–H and O–H groups in total. The van der Waals surface area contributed by atoms with Crippen LogP contribution in [0.4, 0.5) is 0 Å². The summed E-state index contributed by atoms with van der Waals surface area (Å²) in [6, 6.07) is 7.88. The summed E-state index contributed by atoms with van der Waals surface area (Å²) >= 11 is 0. The Hall–Kier alpha value is -2.64. The molecular weight excluding hydrogens is 334 g/mol. The Labute approximate surface area is 152 Å². The second kappa shape index (κ2) is 9.17. The van der Waals surface area contributed by atoms with Crippen LogP contribution in [0.15, 0.2) is 42.7 Å². The van der Waals surface area contributed by atoms with Gasteiger partial charge in [0, 0.05) is 18.4 Å². The number of carbonyl (C=O) groups is 1. The Morgan fingerprint density at radius 3 is 2.65 bits per heavy atom. The van der Waals surface area contributed by atoms with Gasteiger partial charge in [-0.3, -0.25) is 14.7 Å². The molecule has 1 unspecified atom stereocenters. The highest BCUT2D eigenvalue weighted by atomic mass is 16.4. The molecule has 140 valence electrons. The molecule has 7 heteroatoms. The molecule has 0 radical (unpaired) electrons. The third-order valence-electron chi connectivity index (χ3n) is 4.40. The lowest BCUT2D eigenvalue weighted by Crippen LogP contribution is -2.32. The molecule has 0 spiro atoms. The molecule has 26 heavy (non-hydrogen) atoms. The number of phenols is 2. The van der Waals surface area contributed by atoms with Crippen molar-refractivity contribution < 1.29 is 20.1 Å². The summed E-state index contributed by atoms with van der Waals surface area (Å²) in [5, 5.41) is 26.6. The van der Waals surface area contributed by atoms with Crippen molar-refractivity contribution in [3.8, 4) is 11.5 Å². The number of rotatable bonds is 4. The van der Waals surface area contributed by atoms with E-state index in [1.165, 1.54) is 43.1 Å². The van der Waals surface area contributed by atoms with Crippen molar-refractivity contribution >= 4 is 5.97 Å². The average molecular weight is 359 g/mol. The first-order valence-electron chi connectivity index (χ1n) is 8.48. The summed E-state index contributed by atoms with van der Waals surface area (Å²) in [7, 11) is 2.19. The summed E-state index contributed by atoms with van der Waals surface area (Å²) in [4.78, 5) is 17.0. The highest BCUT2D eigenvalue weighted by molar-refractivity contribution is 5.73. The highest BCUT2D eigenvalue weighted by Gasteiger charge is 2.22. The topological polar surface area (TPSA) is 120 Å². The predicted molar refractivity (Wildman–Crippen MR) is 97.9 cm³/mol. The summed E-state index contributed by atoms with van der Waals surface area (Å²) in [6.45, 7) is 1.22. The van der Waals surface area contributed by atoms with E-state index < -0.39 is 12.0 Å². The lowest BCUT2D eigenvalue weighted by Gasteiger charge is -2.18. The molecule has 2 aromatic rings. The van der Waals surface area contributed by atoms with Gasteiger partial charge >= 0.3 is 5.97 Å². The first kappa shape index (κ1) is 19.7. The number of phenolic OH excluding ortho intramolecular Hbond substituents is 2. The van der Waals surface area contributed by atoms with Crippen molar-refractivity contribution in [1.29, 1.82) is 0 Å². The van der Waals surface area contributed by atoms with Crippen LogP contribution >= 0.6 is 0 Å². The Morgan fingerprint density at radius 2 is 2.12 bits per heavy atom. The number of aliphatic carboxylic acids is 1. The summed E-state index contributed by atoms with van der Waals surface area (Å²) in [6.07, 6.45) is 6.52. The molecule has 7 nitrogen and oxygen atoms in total. The molecule has 0 amide bonds.